The van der Waals surface area contributed by atoms with Crippen LogP contribution in [-0.4, -0.2) is 45.8 Å². The fraction of sp³-hybridized carbons (Fsp3) is 0.444. The second-order valence-electron chi connectivity index (χ2n) is 6.60. The molecule has 5 nitrogen and oxygen atoms in total. The fourth-order valence-electron chi connectivity index (χ4n) is 3.77. The molecule has 2 atom stereocenters. The molecule has 6 heteroatoms. The van der Waals surface area contributed by atoms with E-state index < -0.39 is 0 Å². The number of hydrogen-bond acceptors (Lipinski definition) is 3. The summed E-state index contributed by atoms with van der Waals surface area (Å²) in [6, 6.07) is 8.54. The van der Waals surface area contributed by atoms with Crippen molar-refractivity contribution in [2.75, 3.05) is 13.1 Å². The van der Waals surface area contributed by atoms with E-state index in [0.29, 0.717) is 12.1 Å². The summed E-state index contributed by atoms with van der Waals surface area (Å²) in [5.74, 6) is 0.171. The van der Waals surface area contributed by atoms with E-state index in [4.69, 9.17) is 0 Å². The van der Waals surface area contributed by atoms with Crippen LogP contribution in [0.3, 0.4) is 0 Å². The van der Waals surface area contributed by atoms with Crippen LogP contribution in [0, 0.1) is 6.92 Å². The lowest BCUT2D eigenvalue weighted by Crippen LogP contribution is -2.42. The molecule has 2 aromatic rings. The van der Waals surface area contributed by atoms with Gasteiger partial charge in [0.2, 0.25) is 0 Å². The first-order valence-electron chi connectivity index (χ1n) is 8.37. The molecule has 2 fully saturated rings. The topological polar surface area (TPSA) is 50.2 Å². The molecule has 0 radical (unpaired) electrons. The van der Waals surface area contributed by atoms with Crippen molar-refractivity contribution in [3.8, 4) is 5.69 Å². The molecule has 2 saturated heterocycles. The van der Waals surface area contributed by atoms with Crippen LogP contribution in [0.25, 0.3) is 5.69 Å². The van der Waals surface area contributed by atoms with Crippen LogP contribution in [0.2, 0.25) is 0 Å². The van der Waals surface area contributed by atoms with E-state index in [9.17, 15) is 4.79 Å². The lowest BCUT2D eigenvalue weighted by atomic mass is 10.1. The number of halogens is 1. The van der Waals surface area contributed by atoms with Gasteiger partial charge in [-0.25, -0.2) is 4.68 Å². The molecule has 2 aliphatic heterocycles. The molecule has 1 aromatic carbocycles. The predicted molar refractivity (Wildman–Crippen MR) is 96.0 cm³/mol. The van der Waals surface area contributed by atoms with E-state index in [2.05, 4.69) is 15.3 Å². The number of hydrogen-bond donors (Lipinski definition) is 1. The van der Waals surface area contributed by atoms with Crippen LogP contribution in [-0.2, 0) is 0 Å². The number of amides is 1. The Bertz CT molecular complexity index is 698. The van der Waals surface area contributed by atoms with Crippen molar-refractivity contribution in [1.82, 2.24) is 20.0 Å². The Morgan fingerprint density at radius 1 is 1.17 bits per heavy atom. The van der Waals surface area contributed by atoms with Crippen molar-refractivity contribution in [2.45, 2.75) is 38.3 Å². The lowest BCUT2D eigenvalue weighted by molar-refractivity contribution is 0.0680. The van der Waals surface area contributed by atoms with Gasteiger partial charge in [-0.2, -0.15) is 5.10 Å². The smallest absolute Gasteiger partial charge is 0.254 e. The Hall–Kier alpha value is -1.85. The molecule has 3 heterocycles. The first kappa shape index (κ1) is 17.0. The maximum Gasteiger partial charge on any atom is 0.254 e. The minimum atomic E-state index is 0. The standard InChI is InChI=1S/C18H22N4O.ClH/c1-13-10-20-21(12-13)15-4-2-14(3-5-15)18(23)22-16-6-7-17(22)11-19-9-8-16;/h2-5,10,12,16-17,19H,6-9,11H2,1H3;1H. The van der Waals surface area contributed by atoms with E-state index in [1.54, 1.807) is 0 Å². The van der Waals surface area contributed by atoms with E-state index in [1.807, 2.05) is 48.3 Å². The zero-order chi connectivity index (χ0) is 15.8. The normalized spacial score (nSPS) is 22.8. The van der Waals surface area contributed by atoms with Gasteiger partial charge in [-0.3, -0.25) is 4.79 Å². The molecule has 0 saturated carbocycles. The van der Waals surface area contributed by atoms with Crippen molar-refractivity contribution in [3.63, 3.8) is 0 Å². The Morgan fingerprint density at radius 3 is 2.62 bits per heavy atom. The van der Waals surface area contributed by atoms with Gasteiger partial charge in [0.1, 0.15) is 0 Å². The average Bonchev–Trinajstić information content (AvgIpc) is 3.09. The molecule has 1 amide bonds. The van der Waals surface area contributed by atoms with Crippen molar-refractivity contribution in [3.05, 3.63) is 47.8 Å². The predicted octanol–water partition coefficient (Wildman–Crippen LogP) is 2.57. The third-order valence-electron chi connectivity index (χ3n) is 4.98. The minimum absolute atomic E-state index is 0. The summed E-state index contributed by atoms with van der Waals surface area (Å²) in [5, 5.41) is 7.75. The van der Waals surface area contributed by atoms with Gasteiger partial charge in [-0.1, -0.05) is 0 Å². The summed E-state index contributed by atoms with van der Waals surface area (Å²) in [5.41, 5.74) is 2.88. The molecule has 2 unspecified atom stereocenters. The molecular weight excluding hydrogens is 324 g/mol. The number of carbonyl (C=O) groups is 1. The highest BCUT2D eigenvalue weighted by atomic mass is 35.5. The second kappa shape index (κ2) is 6.95. The van der Waals surface area contributed by atoms with Crippen LogP contribution in [0.15, 0.2) is 36.7 Å². The SMILES string of the molecule is Cc1cnn(-c2ccc(C(=O)N3C4CCNCC3CC4)cc2)c1.Cl. The van der Waals surface area contributed by atoms with Crippen LogP contribution in [0.5, 0.6) is 0 Å². The molecule has 2 bridgehead atoms. The Kier molecular flexibility index (Phi) is 4.92. The van der Waals surface area contributed by atoms with Crippen molar-refractivity contribution in [1.29, 1.82) is 0 Å². The molecular formula is C18H23ClN4O. The number of benzene rings is 1. The monoisotopic (exact) mass is 346 g/mol. The van der Waals surface area contributed by atoms with Gasteiger partial charge >= 0.3 is 0 Å². The van der Waals surface area contributed by atoms with Gasteiger partial charge in [0.15, 0.2) is 0 Å². The van der Waals surface area contributed by atoms with Crippen molar-refractivity contribution in [2.24, 2.45) is 0 Å². The number of carbonyl (C=O) groups excluding carboxylic acids is 1. The maximum atomic E-state index is 12.9. The number of nitrogens with zero attached hydrogens (tertiary/aromatic N) is 3. The summed E-state index contributed by atoms with van der Waals surface area (Å²) in [7, 11) is 0. The first-order chi connectivity index (χ1) is 11.2. The summed E-state index contributed by atoms with van der Waals surface area (Å²) in [6.07, 6.45) is 7.14. The number of fused-ring (bicyclic) bond motifs is 2. The summed E-state index contributed by atoms with van der Waals surface area (Å²) >= 11 is 0. The number of nitrogens with one attached hydrogen (secondary N) is 1. The summed E-state index contributed by atoms with van der Waals surface area (Å²) < 4.78 is 1.84. The Morgan fingerprint density at radius 2 is 1.92 bits per heavy atom. The first-order valence-corrected chi connectivity index (χ1v) is 8.37. The van der Waals surface area contributed by atoms with Gasteiger partial charge < -0.3 is 10.2 Å². The van der Waals surface area contributed by atoms with Crippen LogP contribution >= 0.6 is 12.4 Å². The molecule has 128 valence electrons. The molecule has 1 aromatic heterocycles. The van der Waals surface area contributed by atoms with Crippen LogP contribution in [0.1, 0.15) is 35.2 Å². The van der Waals surface area contributed by atoms with Gasteiger partial charge in [0.25, 0.3) is 5.91 Å². The van der Waals surface area contributed by atoms with Gasteiger partial charge in [0, 0.05) is 30.4 Å². The molecule has 24 heavy (non-hydrogen) atoms. The maximum absolute atomic E-state index is 12.9. The van der Waals surface area contributed by atoms with Crippen LogP contribution in [0.4, 0.5) is 0 Å². The molecule has 0 spiro atoms. The van der Waals surface area contributed by atoms with E-state index >= 15 is 0 Å². The molecule has 0 aliphatic carbocycles. The Balaban J connectivity index is 0.00000169. The highest BCUT2D eigenvalue weighted by Crippen LogP contribution is 2.29. The zero-order valence-corrected chi connectivity index (χ0v) is 14.6. The summed E-state index contributed by atoms with van der Waals surface area (Å²) in [6.45, 7) is 3.96. The minimum Gasteiger partial charge on any atom is -0.331 e. The van der Waals surface area contributed by atoms with Crippen molar-refractivity contribution < 1.29 is 4.79 Å². The van der Waals surface area contributed by atoms with E-state index in [1.165, 1.54) is 0 Å². The number of rotatable bonds is 2. The molecule has 4 rings (SSSR count). The average molecular weight is 347 g/mol. The van der Waals surface area contributed by atoms with Crippen LogP contribution < -0.4 is 5.32 Å². The van der Waals surface area contributed by atoms with E-state index in [-0.39, 0.29) is 18.3 Å². The van der Waals surface area contributed by atoms with Gasteiger partial charge in [-0.15, -0.1) is 12.4 Å². The van der Waals surface area contributed by atoms with E-state index in [0.717, 1.165) is 49.2 Å². The second-order valence-corrected chi connectivity index (χ2v) is 6.60. The van der Waals surface area contributed by atoms with Gasteiger partial charge in [-0.05, 0) is 62.6 Å². The zero-order valence-electron chi connectivity index (χ0n) is 13.8. The van der Waals surface area contributed by atoms with Crippen molar-refractivity contribution >= 4 is 18.3 Å². The number of aryl methyl sites for hydroxylation is 1. The highest BCUT2D eigenvalue weighted by Gasteiger charge is 2.38. The summed E-state index contributed by atoms with van der Waals surface area (Å²) in [4.78, 5) is 15.1. The Labute approximate surface area is 148 Å². The fourth-order valence-corrected chi connectivity index (χ4v) is 3.77. The largest absolute Gasteiger partial charge is 0.331 e. The molecule has 1 N–H and O–H groups in total. The van der Waals surface area contributed by atoms with Gasteiger partial charge in [0.05, 0.1) is 11.9 Å². The highest BCUT2D eigenvalue weighted by molar-refractivity contribution is 5.95. The quantitative estimate of drug-likeness (QED) is 0.909. The third kappa shape index (κ3) is 3.06. The lowest BCUT2D eigenvalue weighted by Gasteiger charge is -2.28. The molecule has 2 aliphatic rings. The third-order valence-corrected chi connectivity index (χ3v) is 4.98. The number of aromatic nitrogens is 2.